The van der Waals surface area contributed by atoms with Crippen molar-refractivity contribution >= 4 is 11.9 Å². The Morgan fingerprint density at radius 2 is 2.50 bits per heavy atom. The number of nitrogens with one attached hydrogen (secondary N) is 1. The van der Waals surface area contributed by atoms with Crippen molar-refractivity contribution in [1.29, 1.82) is 0 Å². The molecular formula is C6H9NO3. The Morgan fingerprint density at radius 3 is 2.90 bits per heavy atom. The first kappa shape index (κ1) is 7.05. The smallest absolute Gasteiger partial charge is 0.318 e. The van der Waals surface area contributed by atoms with E-state index in [1.807, 2.05) is 0 Å². The Balaban J connectivity index is 2.55. The SMILES string of the molecule is COC(=O)[C@H]1CCNC1=O. The largest absolute Gasteiger partial charge is 0.468 e. The standard InChI is InChI=1S/C6H9NO3/c1-10-6(9)4-2-3-7-5(4)8/h4H,2-3H2,1H3,(H,7,8)/t4-/m0/s1. The molecule has 1 N–H and O–H groups in total. The molecule has 56 valence electrons. The Morgan fingerprint density at radius 1 is 1.80 bits per heavy atom. The molecular weight excluding hydrogens is 134 g/mol. The molecule has 0 radical (unpaired) electrons. The molecule has 10 heavy (non-hydrogen) atoms. The first-order valence-electron chi connectivity index (χ1n) is 3.11. The maximum Gasteiger partial charge on any atom is 0.318 e. The van der Waals surface area contributed by atoms with E-state index in [9.17, 15) is 9.59 Å². The summed E-state index contributed by atoms with van der Waals surface area (Å²) in [7, 11) is 1.29. The molecule has 0 bridgehead atoms. The second-order valence-electron chi connectivity index (χ2n) is 2.16. The number of carbonyl (C=O) groups excluding carboxylic acids is 2. The van der Waals surface area contributed by atoms with Crippen molar-refractivity contribution in [1.82, 2.24) is 5.32 Å². The van der Waals surface area contributed by atoms with Crippen LogP contribution in [-0.4, -0.2) is 25.5 Å². The highest BCUT2D eigenvalue weighted by Gasteiger charge is 2.31. The first-order valence-corrected chi connectivity index (χ1v) is 3.11. The van der Waals surface area contributed by atoms with Crippen molar-refractivity contribution in [3.8, 4) is 0 Å². The molecule has 1 rings (SSSR count). The van der Waals surface area contributed by atoms with Crippen LogP contribution >= 0.6 is 0 Å². The van der Waals surface area contributed by atoms with Gasteiger partial charge in [0.15, 0.2) is 0 Å². The van der Waals surface area contributed by atoms with Gasteiger partial charge in [0.25, 0.3) is 0 Å². The maximum absolute atomic E-state index is 10.8. The number of hydrogen-bond donors (Lipinski definition) is 1. The van der Waals surface area contributed by atoms with Crippen LogP contribution in [-0.2, 0) is 14.3 Å². The number of methoxy groups -OCH3 is 1. The van der Waals surface area contributed by atoms with Crippen molar-refractivity contribution in [2.45, 2.75) is 6.42 Å². The minimum absolute atomic E-state index is 0.216. The molecule has 1 saturated heterocycles. The number of esters is 1. The quantitative estimate of drug-likeness (QED) is 0.390. The highest BCUT2D eigenvalue weighted by Crippen LogP contribution is 2.09. The monoisotopic (exact) mass is 143 g/mol. The van der Waals surface area contributed by atoms with E-state index in [4.69, 9.17) is 0 Å². The molecule has 0 aromatic heterocycles. The van der Waals surface area contributed by atoms with Gasteiger partial charge in [0.2, 0.25) is 5.91 Å². The average molecular weight is 143 g/mol. The van der Waals surface area contributed by atoms with Crippen LogP contribution in [0.4, 0.5) is 0 Å². The molecule has 1 fully saturated rings. The van der Waals surface area contributed by atoms with Crippen molar-refractivity contribution in [2.24, 2.45) is 5.92 Å². The first-order chi connectivity index (χ1) is 4.75. The summed E-state index contributed by atoms with van der Waals surface area (Å²) in [6.45, 7) is 0.582. The molecule has 0 aromatic rings. The average Bonchev–Trinajstić information content (AvgIpc) is 2.34. The van der Waals surface area contributed by atoms with E-state index < -0.39 is 11.9 Å². The minimum atomic E-state index is -0.565. The van der Waals surface area contributed by atoms with E-state index in [2.05, 4.69) is 10.1 Å². The predicted molar refractivity (Wildman–Crippen MR) is 33.1 cm³/mol. The van der Waals surface area contributed by atoms with Gasteiger partial charge in [-0.1, -0.05) is 0 Å². The van der Waals surface area contributed by atoms with Gasteiger partial charge in [-0.2, -0.15) is 0 Å². The summed E-state index contributed by atoms with van der Waals surface area (Å²) in [6, 6.07) is 0. The lowest BCUT2D eigenvalue weighted by atomic mass is 10.1. The Bertz CT molecular complexity index is 166. The van der Waals surface area contributed by atoms with Crippen molar-refractivity contribution in [2.75, 3.05) is 13.7 Å². The fourth-order valence-electron chi connectivity index (χ4n) is 0.961. The van der Waals surface area contributed by atoms with E-state index >= 15 is 0 Å². The molecule has 0 unspecified atom stereocenters. The molecule has 0 aromatic carbocycles. The van der Waals surface area contributed by atoms with Crippen LogP contribution in [0.5, 0.6) is 0 Å². The Hall–Kier alpha value is -1.06. The van der Waals surface area contributed by atoms with E-state index in [-0.39, 0.29) is 5.91 Å². The lowest BCUT2D eigenvalue weighted by Gasteiger charge is -2.01. The van der Waals surface area contributed by atoms with Gasteiger partial charge in [-0.05, 0) is 6.42 Å². The fraction of sp³-hybridized carbons (Fsp3) is 0.667. The molecule has 0 aliphatic carbocycles. The Labute approximate surface area is 58.5 Å². The van der Waals surface area contributed by atoms with Crippen molar-refractivity contribution in [3.05, 3.63) is 0 Å². The highest BCUT2D eigenvalue weighted by atomic mass is 16.5. The van der Waals surface area contributed by atoms with Gasteiger partial charge in [0.1, 0.15) is 5.92 Å². The van der Waals surface area contributed by atoms with Gasteiger partial charge >= 0.3 is 5.97 Å². The van der Waals surface area contributed by atoms with Crippen LogP contribution in [0, 0.1) is 5.92 Å². The van der Waals surface area contributed by atoms with Gasteiger partial charge < -0.3 is 10.1 Å². The molecule has 0 spiro atoms. The zero-order valence-corrected chi connectivity index (χ0v) is 5.72. The topological polar surface area (TPSA) is 55.4 Å². The van der Waals surface area contributed by atoms with Gasteiger partial charge in [-0.15, -0.1) is 0 Å². The lowest BCUT2D eigenvalue weighted by molar-refractivity contribution is -0.148. The number of rotatable bonds is 1. The van der Waals surface area contributed by atoms with Gasteiger partial charge in [-0.3, -0.25) is 9.59 Å². The zero-order valence-electron chi connectivity index (χ0n) is 5.72. The predicted octanol–water partition coefficient (Wildman–Crippen LogP) is -0.705. The molecule has 1 atom stereocenters. The molecule has 4 heteroatoms. The van der Waals surface area contributed by atoms with Crippen LogP contribution in [0.25, 0.3) is 0 Å². The molecule has 1 aliphatic heterocycles. The molecule has 1 heterocycles. The lowest BCUT2D eigenvalue weighted by Crippen LogP contribution is -2.25. The zero-order chi connectivity index (χ0) is 7.56. The fourth-order valence-corrected chi connectivity index (χ4v) is 0.961. The number of amides is 1. The van der Waals surface area contributed by atoms with Crippen LogP contribution in [0.3, 0.4) is 0 Å². The third kappa shape index (κ3) is 1.10. The van der Waals surface area contributed by atoms with E-state index in [1.54, 1.807) is 0 Å². The van der Waals surface area contributed by atoms with Crippen LogP contribution in [0.2, 0.25) is 0 Å². The summed E-state index contributed by atoms with van der Waals surface area (Å²) in [5.41, 5.74) is 0. The second kappa shape index (κ2) is 2.68. The highest BCUT2D eigenvalue weighted by molar-refractivity contribution is 5.99. The summed E-state index contributed by atoms with van der Waals surface area (Å²) in [4.78, 5) is 21.5. The van der Waals surface area contributed by atoms with Crippen molar-refractivity contribution < 1.29 is 14.3 Å². The summed E-state index contributed by atoms with van der Waals surface area (Å²) >= 11 is 0. The number of ether oxygens (including phenoxy) is 1. The van der Waals surface area contributed by atoms with E-state index in [0.29, 0.717) is 13.0 Å². The van der Waals surface area contributed by atoms with Crippen molar-refractivity contribution in [3.63, 3.8) is 0 Å². The Kier molecular flexibility index (Phi) is 1.89. The summed E-state index contributed by atoms with van der Waals surface area (Å²) in [6.07, 6.45) is 0.561. The number of carbonyl (C=O) groups is 2. The van der Waals surface area contributed by atoms with Crippen LogP contribution in [0.1, 0.15) is 6.42 Å². The van der Waals surface area contributed by atoms with Crippen LogP contribution < -0.4 is 5.32 Å². The third-order valence-corrected chi connectivity index (χ3v) is 1.53. The molecule has 1 amide bonds. The third-order valence-electron chi connectivity index (χ3n) is 1.53. The number of hydrogen-bond acceptors (Lipinski definition) is 3. The van der Waals surface area contributed by atoms with E-state index in [0.717, 1.165) is 0 Å². The normalized spacial score (nSPS) is 24.1. The van der Waals surface area contributed by atoms with Gasteiger partial charge in [0, 0.05) is 6.54 Å². The van der Waals surface area contributed by atoms with Gasteiger partial charge in [-0.25, -0.2) is 0 Å². The summed E-state index contributed by atoms with van der Waals surface area (Å²) in [5, 5.41) is 2.55. The molecule has 1 aliphatic rings. The second-order valence-corrected chi connectivity index (χ2v) is 2.16. The summed E-state index contributed by atoms with van der Waals surface area (Å²) in [5.74, 6) is -1.22. The van der Waals surface area contributed by atoms with Gasteiger partial charge in [0.05, 0.1) is 7.11 Å². The minimum Gasteiger partial charge on any atom is -0.468 e. The summed E-state index contributed by atoms with van der Waals surface area (Å²) < 4.78 is 4.40. The van der Waals surface area contributed by atoms with E-state index in [1.165, 1.54) is 7.11 Å². The van der Waals surface area contributed by atoms with Crippen LogP contribution in [0.15, 0.2) is 0 Å². The maximum atomic E-state index is 10.8. The molecule has 0 saturated carbocycles. The molecule has 4 nitrogen and oxygen atoms in total.